The zero-order valence-corrected chi connectivity index (χ0v) is 12.6. The maximum Gasteiger partial charge on any atom is 0.269 e. The number of carbonyl (C=O) groups excluding carboxylic acids is 2. The minimum absolute atomic E-state index is 0.103. The van der Waals surface area contributed by atoms with E-state index in [-0.39, 0.29) is 6.61 Å². The number of hydrogen-bond acceptors (Lipinski definition) is 5. The number of nitrogens with zero attached hydrogens (tertiary/aromatic N) is 1. The molecule has 1 aliphatic heterocycles. The second-order valence-electron chi connectivity index (χ2n) is 4.19. The average molecular weight is 295 g/mol. The molecule has 0 bridgehead atoms. The van der Waals surface area contributed by atoms with E-state index in [1.807, 2.05) is 6.92 Å². The Morgan fingerprint density at radius 1 is 1.33 bits per heavy atom. The lowest BCUT2D eigenvalue weighted by Crippen LogP contribution is -2.44. The lowest BCUT2D eigenvalue weighted by Gasteiger charge is -2.11. The van der Waals surface area contributed by atoms with Gasteiger partial charge in [0.1, 0.15) is 12.4 Å². The Morgan fingerprint density at radius 3 is 2.71 bits per heavy atom. The maximum absolute atomic E-state index is 12.1. The van der Waals surface area contributed by atoms with Crippen molar-refractivity contribution in [3.63, 3.8) is 0 Å². The smallest absolute Gasteiger partial charge is 0.269 e. The van der Waals surface area contributed by atoms with E-state index in [4.69, 9.17) is 9.47 Å². The zero-order valence-electron chi connectivity index (χ0n) is 12.6. The van der Waals surface area contributed by atoms with Gasteiger partial charge in [-0.05, 0) is 13.3 Å². The van der Waals surface area contributed by atoms with Crippen LogP contribution in [-0.4, -0.2) is 38.4 Å². The van der Waals surface area contributed by atoms with Crippen molar-refractivity contribution in [2.75, 3.05) is 20.3 Å². The molecule has 7 nitrogen and oxygen atoms in total. The minimum atomic E-state index is -0.434. The van der Waals surface area contributed by atoms with E-state index in [1.165, 1.54) is 7.11 Å². The van der Waals surface area contributed by atoms with E-state index in [2.05, 4.69) is 15.8 Å². The Hall–Kier alpha value is -2.15. The van der Waals surface area contributed by atoms with E-state index >= 15 is 0 Å². The first kappa shape index (κ1) is 16.9. The summed E-state index contributed by atoms with van der Waals surface area (Å²) < 4.78 is 10.2. The normalized spacial score (nSPS) is 14.3. The molecule has 0 radical (unpaired) electrons. The Balaban J connectivity index is 2.71. The molecule has 7 heteroatoms. The Labute approximate surface area is 124 Å². The molecular formula is C14H21N3O4. The van der Waals surface area contributed by atoms with E-state index in [1.54, 1.807) is 19.2 Å². The van der Waals surface area contributed by atoms with Crippen molar-refractivity contribution in [1.82, 2.24) is 10.9 Å². The molecule has 1 heterocycles. The van der Waals surface area contributed by atoms with Crippen LogP contribution < -0.4 is 10.9 Å². The van der Waals surface area contributed by atoms with E-state index < -0.39 is 11.8 Å². The topological polar surface area (TPSA) is 89.0 Å². The van der Waals surface area contributed by atoms with Crippen molar-refractivity contribution in [2.24, 2.45) is 4.99 Å². The Morgan fingerprint density at radius 2 is 2.10 bits per heavy atom. The van der Waals surface area contributed by atoms with Crippen LogP contribution in [0.3, 0.4) is 0 Å². The molecule has 0 spiro atoms. The molecule has 0 unspecified atom stereocenters. The molecule has 0 aromatic carbocycles. The van der Waals surface area contributed by atoms with Gasteiger partial charge in [0, 0.05) is 31.0 Å². The van der Waals surface area contributed by atoms with Crippen molar-refractivity contribution in [1.29, 1.82) is 0 Å². The first-order valence-corrected chi connectivity index (χ1v) is 6.79. The monoisotopic (exact) mass is 295 g/mol. The third kappa shape index (κ3) is 5.39. The minimum Gasteiger partial charge on any atom is -0.496 e. The number of methoxy groups -OCH3 is 1. The molecule has 0 aromatic heterocycles. The van der Waals surface area contributed by atoms with Crippen molar-refractivity contribution in [3.8, 4) is 0 Å². The van der Waals surface area contributed by atoms with Crippen LogP contribution in [0.2, 0.25) is 0 Å². The molecule has 0 saturated heterocycles. The molecule has 2 N–H and O–H groups in total. The van der Waals surface area contributed by atoms with Gasteiger partial charge in [-0.25, -0.2) is 0 Å². The molecule has 21 heavy (non-hydrogen) atoms. The first-order valence-electron chi connectivity index (χ1n) is 6.79. The highest BCUT2D eigenvalue weighted by molar-refractivity contribution is 5.98. The van der Waals surface area contributed by atoms with Gasteiger partial charge >= 0.3 is 0 Å². The number of hydrazine groups is 1. The fourth-order valence-corrected chi connectivity index (χ4v) is 1.64. The Bertz CT molecular complexity index is 481. The lowest BCUT2D eigenvalue weighted by atomic mass is 10.1. The van der Waals surface area contributed by atoms with Crippen LogP contribution in [-0.2, 0) is 19.1 Å². The SMILES string of the molecule is CCOCC(=O)NNC(=O)C1=C(OC)C=C(CC)N=CC1. The van der Waals surface area contributed by atoms with Gasteiger partial charge in [-0.15, -0.1) is 0 Å². The fraction of sp³-hybridized carbons (Fsp3) is 0.500. The summed E-state index contributed by atoms with van der Waals surface area (Å²) in [6, 6.07) is 0. The average Bonchev–Trinajstić information content (AvgIpc) is 2.72. The number of allylic oxidation sites excluding steroid dienone is 2. The number of rotatable bonds is 6. The molecule has 1 rings (SSSR count). The van der Waals surface area contributed by atoms with Crippen LogP contribution in [0.25, 0.3) is 0 Å². The van der Waals surface area contributed by atoms with Crippen LogP contribution in [0, 0.1) is 0 Å². The summed E-state index contributed by atoms with van der Waals surface area (Å²) in [6.07, 6.45) is 4.44. The number of carbonyl (C=O) groups is 2. The molecule has 0 aliphatic carbocycles. The second-order valence-corrected chi connectivity index (χ2v) is 4.19. The number of ether oxygens (including phenoxy) is 2. The van der Waals surface area contributed by atoms with Crippen molar-refractivity contribution >= 4 is 18.0 Å². The van der Waals surface area contributed by atoms with Gasteiger partial charge in [0.15, 0.2) is 0 Å². The zero-order chi connectivity index (χ0) is 15.7. The van der Waals surface area contributed by atoms with Crippen LogP contribution >= 0.6 is 0 Å². The summed E-state index contributed by atoms with van der Waals surface area (Å²) in [5.41, 5.74) is 5.86. The molecule has 0 aromatic rings. The molecule has 1 aliphatic rings. The second kappa shape index (κ2) is 8.91. The largest absolute Gasteiger partial charge is 0.496 e. The van der Waals surface area contributed by atoms with Gasteiger partial charge in [0.25, 0.3) is 11.8 Å². The predicted molar refractivity (Wildman–Crippen MR) is 78.3 cm³/mol. The summed E-state index contributed by atoms with van der Waals surface area (Å²) >= 11 is 0. The fourth-order valence-electron chi connectivity index (χ4n) is 1.64. The van der Waals surface area contributed by atoms with Gasteiger partial charge in [-0.3, -0.25) is 25.4 Å². The summed E-state index contributed by atoms with van der Waals surface area (Å²) in [6.45, 7) is 4.08. The third-order valence-electron chi connectivity index (χ3n) is 2.76. The standard InChI is InChI=1S/C14H21N3O4/c1-4-10-8-12(20-3)11(6-7-15-10)14(19)17-16-13(18)9-21-5-2/h7-8H,4-6,9H2,1-3H3,(H,16,18)(H,17,19). The van der Waals surface area contributed by atoms with Crippen molar-refractivity contribution < 1.29 is 19.1 Å². The van der Waals surface area contributed by atoms with Gasteiger partial charge in [0.05, 0.1) is 12.7 Å². The quantitative estimate of drug-likeness (QED) is 0.711. The number of nitrogens with one attached hydrogen (secondary N) is 2. The predicted octanol–water partition coefficient (Wildman–Crippen LogP) is 0.839. The first-order chi connectivity index (χ1) is 10.1. The molecule has 116 valence electrons. The highest BCUT2D eigenvalue weighted by atomic mass is 16.5. The van der Waals surface area contributed by atoms with E-state index in [0.717, 1.165) is 12.1 Å². The molecule has 0 saturated carbocycles. The van der Waals surface area contributed by atoms with Crippen molar-refractivity contribution in [2.45, 2.75) is 26.7 Å². The van der Waals surface area contributed by atoms with Crippen LogP contribution in [0.15, 0.2) is 28.1 Å². The maximum atomic E-state index is 12.1. The highest BCUT2D eigenvalue weighted by Crippen LogP contribution is 2.18. The number of aliphatic imine (C=N–C) groups is 1. The summed E-state index contributed by atoms with van der Waals surface area (Å²) in [7, 11) is 1.49. The molecule has 0 atom stereocenters. The number of hydrogen-bond donors (Lipinski definition) is 2. The van der Waals surface area contributed by atoms with E-state index in [0.29, 0.717) is 24.4 Å². The summed E-state index contributed by atoms with van der Waals surface area (Å²) in [4.78, 5) is 27.7. The van der Waals surface area contributed by atoms with Gasteiger partial charge in [-0.1, -0.05) is 6.92 Å². The van der Waals surface area contributed by atoms with Crippen LogP contribution in [0.1, 0.15) is 26.7 Å². The summed E-state index contributed by atoms with van der Waals surface area (Å²) in [5, 5.41) is 0. The van der Waals surface area contributed by atoms with Crippen LogP contribution in [0.5, 0.6) is 0 Å². The van der Waals surface area contributed by atoms with Crippen molar-refractivity contribution in [3.05, 3.63) is 23.1 Å². The van der Waals surface area contributed by atoms with Crippen LogP contribution in [0.4, 0.5) is 0 Å². The highest BCUT2D eigenvalue weighted by Gasteiger charge is 2.17. The molecule has 0 fully saturated rings. The third-order valence-corrected chi connectivity index (χ3v) is 2.76. The molecule has 2 amide bonds. The van der Waals surface area contributed by atoms with E-state index in [9.17, 15) is 9.59 Å². The lowest BCUT2D eigenvalue weighted by molar-refractivity contribution is -0.130. The van der Waals surface area contributed by atoms with Gasteiger partial charge in [-0.2, -0.15) is 0 Å². The molecular weight excluding hydrogens is 274 g/mol. The van der Waals surface area contributed by atoms with Gasteiger partial charge in [0.2, 0.25) is 0 Å². The van der Waals surface area contributed by atoms with Gasteiger partial charge < -0.3 is 9.47 Å². The number of amides is 2. The summed E-state index contributed by atoms with van der Waals surface area (Å²) in [5.74, 6) is -0.408. The Kier molecular flexibility index (Phi) is 7.17.